The summed E-state index contributed by atoms with van der Waals surface area (Å²) in [7, 11) is 0. The Morgan fingerprint density at radius 1 is 0.430 bits per heavy atom. The lowest BCUT2D eigenvalue weighted by Gasteiger charge is -2.40. The van der Waals surface area contributed by atoms with Crippen LogP contribution in [0.1, 0.15) is 322 Å². The SMILES string of the molecule is CCCCCCCCCCCCCC/C=C\CCCCCCCCCCCCC(O)C(=O)NC(COC1OC(CO)C(O)C(O)C1O)C(O)C(O)CCC/C=C/CC/C=C/CCCCCCCCCCCCCCCCCCC. The second-order valence-corrected chi connectivity index (χ2v) is 23.9. The predicted octanol–water partition coefficient (Wildman–Crippen LogP) is 15.8. The van der Waals surface area contributed by atoms with Gasteiger partial charge in [-0.3, -0.25) is 4.79 Å². The van der Waals surface area contributed by atoms with Gasteiger partial charge in [0, 0.05) is 0 Å². The fourth-order valence-electron chi connectivity index (χ4n) is 10.9. The number of carbonyl (C=O) groups excluding carboxylic acids is 1. The monoisotopic (exact) mass is 1120 g/mol. The predicted molar refractivity (Wildman–Crippen MR) is 330 cm³/mol. The number of unbranched alkanes of at least 4 members (excludes halogenated alkanes) is 41. The first-order valence-corrected chi connectivity index (χ1v) is 33.9. The number of allylic oxidation sites excluding steroid dienone is 6. The zero-order valence-corrected chi connectivity index (χ0v) is 51.4. The fraction of sp³-hybridized carbons (Fsp3) is 0.897. The molecule has 8 N–H and O–H groups in total. The molecule has 0 spiro atoms. The maximum atomic E-state index is 13.2. The second-order valence-electron chi connectivity index (χ2n) is 23.9. The smallest absolute Gasteiger partial charge is 0.249 e. The number of carbonyl (C=O) groups is 1. The van der Waals surface area contributed by atoms with Crippen molar-refractivity contribution in [2.75, 3.05) is 13.2 Å². The van der Waals surface area contributed by atoms with Crippen LogP contribution in [0.3, 0.4) is 0 Å². The molecule has 0 bridgehead atoms. The van der Waals surface area contributed by atoms with Crippen molar-refractivity contribution in [1.29, 1.82) is 0 Å². The molecule has 0 aromatic carbocycles. The van der Waals surface area contributed by atoms with Crippen LogP contribution >= 0.6 is 0 Å². The van der Waals surface area contributed by atoms with Crippen molar-refractivity contribution >= 4 is 5.91 Å². The van der Waals surface area contributed by atoms with Gasteiger partial charge in [0.1, 0.15) is 36.6 Å². The van der Waals surface area contributed by atoms with Gasteiger partial charge < -0.3 is 50.5 Å². The minimum absolute atomic E-state index is 0.247. The molecule has 1 aliphatic heterocycles. The van der Waals surface area contributed by atoms with Crippen LogP contribution < -0.4 is 5.32 Å². The Kier molecular flexibility index (Phi) is 54.2. The number of hydrogen-bond acceptors (Lipinski definition) is 10. The van der Waals surface area contributed by atoms with Crippen molar-refractivity contribution in [2.24, 2.45) is 0 Å². The molecule has 1 rings (SSSR count). The summed E-state index contributed by atoms with van der Waals surface area (Å²) in [6.45, 7) is 3.49. The Labute approximate surface area is 486 Å². The summed E-state index contributed by atoms with van der Waals surface area (Å²) in [6, 6.07) is -1.19. The Balaban J connectivity index is 2.26. The number of ether oxygens (including phenoxy) is 2. The summed E-state index contributed by atoms with van der Waals surface area (Å²) >= 11 is 0. The second kappa shape index (κ2) is 56.8. The molecule has 79 heavy (non-hydrogen) atoms. The zero-order chi connectivity index (χ0) is 57.5. The fourth-order valence-corrected chi connectivity index (χ4v) is 10.9. The minimum atomic E-state index is -1.67. The average molecular weight is 1120 g/mol. The Morgan fingerprint density at radius 2 is 0.759 bits per heavy atom. The summed E-state index contributed by atoms with van der Waals surface area (Å²) in [5, 5.41) is 76.4. The van der Waals surface area contributed by atoms with Crippen LogP contribution in [-0.4, -0.2) is 110 Å². The maximum Gasteiger partial charge on any atom is 0.249 e. The van der Waals surface area contributed by atoms with Gasteiger partial charge >= 0.3 is 0 Å². The summed E-state index contributed by atoms with van der Waals surface area (Å²) in [5.41, 5.74) is 0. The van der Waals surface area contributed by atoms with Crippen LogP contribution in [0.2, 0.25) is 0 Å². The number of nitrogens with one attached hydrogen (secondary N) is 1. The third-order valence-corrected chi connectivity index (χ3v) is 16.4. The van der Waals surface area contributed by atoms with Gasteiger partial charge in [-0.15, -0.1) is 0 Å². The molecule has 0 aromatic heterocycles. The molecule has 466 valence electrons. The maximum absolute atomic E-state index is 13.2. The molecule has 9 unspecified atom stereocenters. The van der Waals surface area contributed by atoms with Crippen molar-refractivity contribution in [1.82, 2.24) is 5.32 Å². The van der Waals surface area contributed by atoms with E-state index in [1.807, 2.05) is 0 Å². The summed E-state index contributed by atoms with van der Waals surface area (Å²) in [4.78, 5) is 13.2. The standard InChI is InChI=1S/C68H129NO10/c1-3-5-7-9-11-13-15-17-19-21-23-25-27-29-31-33-35-37-39-41-43-45-47-49-51-53-55-60(71)63(73)59(58-78-68-66(76)65(75)64(74)62(57-70)79-68)69-67(77)61(72)56-54-52-50-48-46-44-42-40-38-36-34-32-30-28-26-24-22-20-18-16-14-12-10-8-6-4-2/h30,32,39,41,47,49,59-66,68,70-76H,3-29,31,33-38,40,42-46,48,50-58H2,1-2H3,(H,69,77)/b32-30-,41-39+,49-47+. The van der Waals surface area contributed by atoms with Crippen molar-refractivity contribution in [2.45, 2.75) is 377 Å². The van der Waals surface area contributed by atoms with E-state index < -0.39 is 74.2 Å². The van der Waals surface area contributed by atoms with Gasteiger partial charge in [0.05, 0.1) is 25.4 Å². The van der Waals surface area contributed by atoms with E-state index in [1.165, 1.54) is 238 Å². The number of hydrogen-bond donors (Lipinski definition) is 8. The Bertz CT molecular complexity index is 1380. The molecule has 9 atom stereocenters. The molecule has 11 nitrogen and oxygen atoms in total. The molecule has 0 aromatic rings. The van der Waals surface area contributed by atoms with Gasteiger partial charge in [-0.1, -0.05) is 281 Å². The average Bonchev–Trinajstić information content (AvgIpc) is 3.46. The van der Waals surface area contributed by atoms with E-state index in [-0.39, 0.29) is 12.8 Å². The first kappa shape index (κ1) is 75.3. The zero-order valence-electron chi connectivity index (χ0n) is 51.4. The highest BCUT2D eigenvalue weighted by Gasteiger charge is 2.44. The van der Waals surface area contributed by atoms with Gasteiger partial charge in [0.2, 0.25) is 5.91 Å². The summed E-state index contributed by atoms with van der Waals surface area (Å²) < 4.78 is 11.2. The topological polar surface area (TPSA) is 189 Å². The highest BCUT2D eigenvalue weighted by atomic mass is 16.7. The molecule has 11 heteroatoms. The summed E-state index contributed by atoms with van der Waals surface area (Å²) in [5.74, 6) is -0.707. The van der Waals surface area contributed by atoms with Crippen LogP contribution in [0.25, 0.3) is 0 Å². The minimum Gasteiger partial charge on any atom is -0.394 e. The highest BCUT2D eigenvalue weighted by molar-refractivity contribution is 5.80. The molecule has 0 aliphatic carbocycles. The van der Waals surface area contributed by atoms with Crippen molar-refractivity contribution in [3.8, 4) is 0 Å². The van der Waals surface area contributed by atoms with E-state index in [2.05, 4.69) is 55.6 Å². The van der Waals surface area contributed by atoms with Gasteiger partial charge in [0.15, 0.2) is 6.29 Å². The van der Waals surface area contributed by atoms with Gasteiger partial charge in [0.25, 0.3) is 0 Å². The number of rotatable bonds is 59. The molecule has 0 radical (unpaired) electrons. The van der Waals surface area contributed by atoms with Crippen molar-refractivity contribution in [3.05, 3.63) is 36.5 Å². The van der Waals surface area contributed by atoms with E-state index in [9.17, 15) is 40.5 Å². The lowest BCUT2D eigenvalue weighted by molar-refractivity contribution is -0.303. The number of amides is 1. The Hall–Kier alpha value is -1.67. The van der Waals surface area contributed by atoms with Gasteiger partial charge in [-0.05, 0) is 77.0 Å². The molecule has 1 aliphatic rings. The molecule has 1 saturated heterocycles. The van der Waals surface area contributed by atoms with Crippen LogP contribution in [0.4, 0.5) is 0 Å². The molecule has 1 heterocycles. The third-order valence-electron chi connectivity index (χ3n) is 16.4. The normalized spacial score (nSPS) is 19.5. The van der Waals surface area contributed by atoms with Crippen LogP contribution in [0, 0.1) is 0 Å². The highest BCUT2D eigenvalue weighted by Crippen LogP contribution is 2.24. The van der Waals surface area contributed by atoms with E-state index in [1.54, 1.807) is 0 Å². The van der Waals surface area contributed by atoms with E-state index in [0.29, 0.717) is 19.3 Å². The first-order chi connectivity index (χ1) is 38.7. The molecule has 1 fully saturated rings. The number of aliphatic hydroxyl groups is 7. The van der Waals surface area contributed by atoms with Gasteiger partial charge in [-0.2, -0.15) is 0 Å². The molecule has 1 amide bonds. The molecule has 0 saturated carbocycles. The molecular formula is C68H129NO10. The quantitative estimate of drug-likeness (QED) is 0.0215. The van der Waals surface area contributed by atoms with E-state index in [4.69, 9.17) is 9.47 Å². The van der Waals surface area contributed by atoms with Crippen molar-refractivity contribution in [3.63, 3.8) is 0 Å². The van der Waals surface area contributed by atoms with Crippen molar-refractivity contribution < 1.29 is 50.0 Å². The lowest BCUT2D eigenvalue weighted by Crippen LogP contribution is -2.60. The van der Waals surface area contributed by atoms with Gasteiger partial charge in [-0.25, -0.2) is 0 Å². The largest absolute Gasteiger partial charge is 0.394 e. The lowest BCUT2D eigenvalue weighted by atomic mass is 9.98. The molecular weight excluding hydrogens is 991 g/mol. The Morgan fingerprint density at radius 3 is 1.13 bits per heavy atom. The van der Waals surface area contributed by atoms with Crippen LogP contribution in [-0.2, 0) is 14.3 Å². The van der Waals surface area contributed by atoms with Crippen LogP contribution in [0.5, 0.6) is 0 Å². The van der Waals surface area contributed by atoms with E-state index >= 15 is 0 Å². The number of aliphatic hydroxyl groups excluding tert-OH is 7. The third kappa shape index (κ3) is 44.5. The van der Waals surface area contributed by atoms with E-state index in [0.717, 1.165) is 38.5 Å². The summed E-state index contributed by atoms with van der Waals surface area (Å²) in [6.07, 6.45) is 60.8. The van der Waals surface area contributed by atoms with Crippen LogP contribution in [0.15, 0.2) is 36.5 Å². The first-order valence-electron chi connectivity index (χ1n) is 33.9.